The van der Waals surface area contributed by atoms with Crippen molar-refractivity contribution in [2.24, 2.45) is 0 Å². The number of anilines is 1. The second-order valence-corrected chi connectivity index (χ2v) is 8.62. The minimum absolute atomic E-state index is 0.310. The van der Waals surface area contributed by atoms with Gasteiger partial charge in [-0.05, 0) is 55.2 Å². The van der Waals surface area contributed by atoms with Crippen LogP contribution in [0, 0.1) is 0 Å². The van der Waals surface area contributed by atoms with Crippen molar-refractivity contribution in [1.82, 2.24) is 29.9 Å². The molecule has 4 aromatic rings. The monoisotopic (exact) mass is 535 g/mol. The van der Waals surface area contributed by atoms with Crippen LogP contribution in [0.4, 0.5) is 23.8 Å². The lowest BCUT2D eigenvalue weighted by Crippen LogP contribution is -2.31. The van der Waals surface area contributed by atoms with Crippen LogP contribution >= 0.6 is 0 Å². The minimum atomic E-state index is -4.74. The number of nitrogens with zero attached hydrogens (tertiary/aromatic N) is 5. The fourth-order valence-corrected chi connectivity index (χ4v) is 3.98. The number of hydrogen-bond donors (Lipinski definition) is 2. The molecule has 2 N–H and O–H groups in total. The van der Waals surface area contributed by atoms with Crippen LogP contribution in [-0.2, 0) is 6.42 Å². The third-order valence-electron chi connectivity index (χ3n) is 5.84. The molecule has 5 rings (SSSR count). The van der Waals surface area contributed by atoms with E-state index in [0.717, 1.165) is 29.7 Å². The second kappa shape index (κ2) is 11.3. The summed E-state index contributed by atoms with van der Waals surface area (Å²) in [4.78, 5) is 16.7. The number of hydrogen-bond acceptors (Lipinski definition) is 5. The molecule has 1 aliphatic carbocycles. The van der Waals surface area contributed by atoms with E-state index >= 15 is 0 Å². The van der Waals surface area contributed by atoms with Crippen molar-refractivity contribution in [3.63, 3.8) is 0 Å². The number of amides is 2. The summed E-state index contributed by atoms with van der Waals surface area (Å²) in [5.41, 5.74) is 3.26. The molecule has 12 heteroatoms. The van der Waals surface area contributed by atoms with E-state index in [9.17, 15) is 18.0 Å². The zero-order chi connectivity index (χ0) is 27.2. The van der Waals surface area contributed by atoms with Crippen molar-refractivity contribution in [3.05, 3.63) is 90.9 Å². The summed E-state index contributed by atoms with van der Waals surface area (Å²) in [5, 5.41) is 14.4. The maximum Gasteiger partial charge on any atom is 0.573 e. The Hall–Kier alpha value is -4.87. The van der Waals surface area contributed by atoms with Crippen LogP contribution in [-0.4, -0.2) is 43.5 Å². The molecule has 2 amide bonds. The molecule has 0 atom stereocenters. The number of urea groups is 1. The lowest BCUT2D eigenvalue weighted by Gasteiger charge is -2.12. The number of nitrogens with one attached hydrogen (secondary N) is 2. The zero-order valence-electron chi connectivity index (χ0n) is 20.6. The van der Waals surface area contributed by atoms with Gasteiger partial charge in [-0.15, -0.1) is 18.3 Å². The standard InChI is InChI=1S/C27H24F3N7O2/c28-27(29,30)39-23-12-10-21(11-13-23)36-18-32-25(35-36)20-8-6-19(7-9-20)14-16-31-26(38)34-24-15-17-33-37(24)22-4-2-1-3-5-22/h2,4-13,15,17-18H,1,3,14,16H2,(H2,31,34,38). The third-order valence-corrected chi connectivity index (χ3v) is 5.84. The van der Waals surface area contributed by atoms with Crippen molar-refractivity contribution in [2.45, 2.75) is 25.6 Å². The van der Waals surface area contributed by atoms with E-state index in [-0.39, 0.29) is 11.8 Å². The Kier molecular flexibility index (Phi) is 7.43. The quantitative estimate of drug-likeness (QED) is 0.307. The van der Waals surface area contributed by atoms with E-state index in [2.05, 4.69) is 42.7 Å². The van der Waals surface area contributed by atoms with Gasteiger partial charge in [-0.2, -0.15) is 5.10 Å². The highest BCUT2D eigenvalue weighted by molar-refractivity contribution is 5.89. The van der Waals surface area contributed by atoms with Gasteiger partial charge < -0.3 is 10.1 Å². The van der Waals surface area contributed by atoms with Crippen LogP contribution in [0.2, 0.25) is 0 Å². The predicted molar refractivity (Wildman–Crippen MR) is 139 cm³/mol. The molecular weight excluding hydrogens is 511 g/mol. The summed E-state index contributed by atoms with van der Waals surface area (Å²) in [6.07, 6.45) is 7.07. The first-order chi connectivity index (χ1) is 18.8. The smallest absolute Gasteiger partial charge is 0.406 e. The highest BCUT2D eigenvalue weighted by Gasteiger charge is 2.31. The largest absolute Gasteiger partial charge is 0.573 e. The van der Waals surface area contributed by atoms with E-state index in [1.807, 2.05) is 30.3 Å². The van der Waals surface area contributed by atoms with E-state index in [4.69, 9.17) is 0 Å². The number of alkyl halides is 3. The van der Waals surface area contributed by atoms with Crippen molar-refractivity contribution >= 4 is 17.5 Å². The van der Waals surface area contributed by atoms with Crippen LogP contribution in [0.5, 0.6) is 5.75 Å². The molecule has 0 saturated carbocycles. The van der Waals surface area contributed by atoms with Gasteiger partial charge in [0.25, 0.3) is 0 Å². The molecule has 0 aliphatic heterocycles. The molecule has 0 saturated heterocycles. The third kappa shape index (κ3) is 6.72. The molecule has 2 aromatic carbocycles. The maximum absolute atomic E-state index is 12.4. The Balaban J connectivity index is 1.12. The lowest BCUT2D eigenvalue weighted by atomic mass is 10.1. The molecule has 2 heterocycles. The molecule has 0 radical (unpaired) electrons. The molecule has 2 aromatic heterocycles. The van der Waals surface area contributed by atoms with Crippen LogP contribution in [0.1, 0.15) is 18.4 Å². The fourth-order valence-electron chi connectivity index (χ4n) is 3.98. The molecule has 1 aliphatic rings. The van der Waals surface area contributed by atoms with Gasteiger partial charge in [0.2, 0.25) is 0 Å². The molecule has 39 heavy (non-hydrogen) atoms. The summed E-state index contributed by atoms with van der Waals surface area (Å²) >= 11 is 0. The van der Waals surface area contributed by atoms with Crippen LogP contribution in [0.15, 0.2) is 85.3 Å². The topological polar surface area (TPSA) is 98.9 Å². The van der Waals surface area contributed by atoms with Gasteiger partial charge in [0.1, 0.15) is 17.9 Å². The zero-order valence-corrected chi connectivity index (χ0v) is 20.6. The number of halogens is 3. The van der Waals surface area contributed by atoms with Crippen molar-refractivity contribution in [3.8, 4) is 22.8 Å². The molecular formula is C27H24F3N7O2. The van der Waals surface area contributed by atoms with Gasteiger partial charge >= 0.3 is 12.4 Å². The predicted octanol–water partition coefficient (Wildman–Crippen LogP) is 5.58. The highest BCUT2D eigenvalue weighted by Crippen LogP contribution is 2.24. The SMILES string of the molecule is O=C(NCCc1ccc(-c2ncn(-c3ccc(OC(F)(F)F)cc3)n2)cc1)Nc1ccnn1C1=CCCC=C1. The number of carbonyl (C=O) groups excluding carboxylic acids is 1. The molecule has 0 fully saturated rings. The fraction of sp³-hybridized carbons (Fsp3) is 0.185. The average Bonchev–Trinajstić information content (AvgIpc) is 3.60. The van der Waals surface area contributed by atoms with Gasteiger partial charge in [-0.3, -0.25) is 5.32 Å². The van der Waals surface area contributed by atoms with Gasteiger partial charge in [-0.1, -0.05) is 36.4 Å². The Morgan fingerprint density at radius 3 is 2.54 bits per heavy atom. The Morgan fingerprint density at radius 1 is 1.03 bits per heavy atom. The lowest BCUT2D eigenvalue weighted by molar-refractivity contribution is -0.274. The van der Waals surface area contributed by atoms with E-state index < -0.39 is 6.36 Å². The maximum atomic E-state index is 12.4. The summed E-state index contributed by atoms with van der Waals surface area (Å²) in [5.74, 6) is 0.747. The van der Waals surface area contributed by atoms with E-state index in [0.29, 0.717) is 30.3 Å². The summed E-state index contributed by atoms with van der Waals surface area (Å²) in [7, 11) is 0. The summed E-state index contributed by atoms with van der Waals surface area (Å²) in [6, 6.07) is 14.4. The Labute approximate surface area is 221 Å². The average molecular weight is 536 g/mol. The number of aromatic nitrogens is 5. The molecule has 0 unspecified atom stereocenters. The number of benzene rings is 2. The van der Waals surface area contributed by atoms with E-state index in [1.165, 1.54) is 35.3 Å². The first kappa shape index (κ1) is 25.8. The normalized spacial score (nSPS) is 13.2. The molecule has 9 nitrogen and oxygen atoms in total. The van der Waals surface area contributed by atoms with Gasteiger partial charge in [0.05, 0.1) is 17.6 Å². The second-order valence-electron chi connectivity index (χ2n) is 8.62. The Morgan fingerprint density at radius 2 is 1.82 bits per heavy atom. The molecule has 0 spiro atoms. The number of carbonyl (C=O) groups is 1. The van der Waals surface area contributed by atoms with Crippen LogP contribution in [0.3, 0.4) is 0 Å². The number of ether oxygens (including phenoxy) is 1. The number of allylic oxidation sites excluding steroid dienone is 4. The summed E-state index contributed by atoms with van der Waals surface area (Å²) in [6.45, 7) is 0.433. The van der Waals surface area contributed by atoms with E-state index in [1.54, 1.807) is 16.9 Å². The van der Waals surface area contributed by atoms with Crippen LogP contribution in [0.25, 0.3) is 22.8 Å². The van der Waals surface area contributed by atoms with Gasteiger partial charge in [-0.25, -0.2) is 19.1 Å². The number of rotatable bonds is 8. The van der Waals surface area contributed by atoms with Crippen molar-refractivity contribution < 1.29 is 22.7 Å². The van der Waals surface area contributed by atoms with Gasteiger partial charge in [0.15, 0.2) is 5.82 Å². The Bertz CT molecular complexity index is 1490. The molecule has 200 valence electrons. The van der Waals surface area contributed by atoms with Crippen molar-refractivity contribution in [1.29, 1.82) is 0 Å². The van der Waals surface area contributed by atoms with Gasteiger partial charge in [0, 0.05) is 18.2 Å². The highest BCUT2D eigenvalue weighted by atomic mass is 19.4. The minimum Gasteiger partial charge on any atom is -0.406 e. The molecule has 0 bridgehead atoms. The first-order valence-corrected chi connectivity index (χ1v) is 12.2. The summed E-state index contributed by atoms with van der Waals surface area (Å²) < 4.78 is 44.1. The first-order valence-electron chi connectivity index (χ1n) is 12.2. The van der Waals surface area contributed by atoms with Crippen LogP contribution < -0.4 is 15.4 Å². The van der Waals surface area contributed by atoms with Crippen molar-refractivity contribution in [2.75, 3.05) is 11.9 Å².